The van der Waals surface area contributed by atoms with E-state index in [4.69, 9.17) is 10.5 Å². The zero-order chi connectivity index (χ0) is 14.5. The lowest BCUT2D eigenvalue weighted by molar-refractivity contribution is 0.0674. The molecule has 0 atom stereocenters. The quantitative estimate of drug-likeness (QED) is 0.470. The molecule has 0 aliphatic carbocycles. The Morgan fingerprint density at radius 1 is 1.38 bits per heavy atom. The van der Waals surface area contributed by atoms with E-state index in [1.54, 1.807) is 11.0 Å². The molecule has 1 heterocycles. The second-order valence-corrected chi connectivity index (χ2v) is 4.95. The average molecular weight is 408 g/mol. The lowest BCUT2D eigenvalue weighted by atomic mass is 10.2. The van der Waals surface area contributed by atoms with Gasteiger partial charge in [0, 0.05) is 27.2 Å². The number of ether oxygens (including phenoxy) is 1. The first-order chi connectivity index (χ1) is 9.58. The third kappa shape index (κ3) is 4.99. The Balaban J connectivity index is 0.00000220. The summed E-state index contributed by atoms with van der Waals surface area (Å²) in [4.78, 5) is 8.04. The molecular weight excluding hydrogens is 386 g/mol. The molecule has 1 saturated heterocycles. The van der Waals surface area contributed by atoms with Gasteiger partial charge in [0.2, 0.25) is 0 Å². The molecule has 0 amide bonds. The third-order valence-corrected chi connectivity index (χ3v) is 3.25. The van der Waals surface area contributed by atoms with Crippen LogP contribution in [0.3, 0.4) is 0 Å². The highest BCUT2D eigenvalue weighted by molar-refractivity contribution is 14.0. The second-order valence-electron chi connectivity index (χ2n) is 4.95. The summed E-state index contributed by atoms with van der Waals surface area (Å²) in [5, 5.41) is 0. The van der Waals surface area contributed by atoms with Gasteiger partial charge in [-0.25, -0.2) is 9.38 Å². The van der Waals surface area contributed by atoms with Gasteiger partial charge in [0.05, 0.1) is 25.4 Å². The van der Waals surface area contributed by atoms with Crippen molar-refractivity contribution in [3.05, 3.63) is 29.6 Å². The Labute approximate surface area is 142 Å². The molecule has 2 N–H and O–H groups in total. The van der Waals surface area contributed by atoms with E-state index in [9.17, 15) is 4.39 Å². The Hall–Kier alpha value is -1.09. The molecule has 118 valence electrons. The number of hydrogen-bond donors (Lipinski definition) is 1. The molecule has 1 fully saturated rings. The van der Waals surface area contributed by atoms with E-state index in [0.717, 1.165) is 18.7 Å². The number of hydrogen-bond acceptors (Lipinski definition) is 3. The smallest absolute Gasteiger partial charge is 0.191 e. The van der Waals surface area contributed by atoms with Gasteiger partial charge >= 0.3 is 0 Å². The summed E-state index contributed by atoms with van der Waals surface area (Å²) < 4.78 is 19.1. The number of rotatable bonds is 3. The first-order valence-electron chi connectivity index (χ1n) is 6.66. The lowest BCUT2D eigenvalue weighted by Gasteiger charge is -2.27. The largest absolute Gasteiger partial charge is 0.378 e. The fraction of sp³-hybridized carbons (Fsp3) is 0.500. The fourth-order valence-corrected chi connectivity index (χ4v) is 2.08. The van der Waals surface area contributed by atoms with Gasteiger partial charge in [-0.2, -0.15) is 0 Å². The first-order valence-corrected chi connectivity index (χ1v) is 6.66. The maximum Gasteiger partial charge on any atom is 0.191 e. The SMILES string of the molecule is CN(C)c1ccc(CN=C(N)N2CCOCC2)cc1F.I. The van der Waals surface area contributed by atoms with Gasteiger partial charge in [-0.1, -0.05) is 6.07 Å². The zero-order valence-electron chi connectivity index (χ0n) is 12.4. The summed E-state index contributed by atoms with van der Waals surface area (Å²) in [6.45, 7) is 3.23. The Kier molecular flexibility index (Phi) is 7.16. The summed E-state index contributed by atoms with van der Waals surface area (Å²) in [6.07, 6.45) is 0. The van der Waals surface area contributed by atoms with Crippen LogP contribution in [-0.2, 0) is 11.3 Å². The highest BCUT2D eigenvalue weighted by atomic mass is 127. The molecule has 1 aliphatic rings. The molecule has 0 bridgehead atoms. The number of benzene rings is 1. The van der Waals surface area contributed by atoms with Crippen molar-refractivity contribution >= 4 is 35.6 Å². The second kappa shape index (κ2) is 8.38. The molecule has 0 aromatic heterocycles. The van der Waals surface area contributed by atoms with Crippen LogP contribution in [0.5, 0.6) is 0 Å². The van der Waals surface area contributed by atoms with Crippen LogP contribution >= 0.6 is 24.0 Å². The Morgan fingerprint density at radius 3 is 2.62 bits per heavy atom. The van der Waals surface area contributed by atoms with Crippen LogP contribution in [-0.4, -0.2) is 51.3 Å². The highest BCUT2D eigenvalue weighted by Gasteiger charge is 2.12. The summed E-state index contributed by atoms with van der Waals surface area (Å²) >= 11 is 0. The van der Waals surface area contributed by atoms with E-state index in [2.05, 4.69) is 4.99 Å². The van der Waals surface area contributed by atoms with Crippen LogP contribution in [0.4, 0.5) is 10.1 Å². The van der Waals surface area contributed by atoms with Crippen LogP contribution in [0.2, 0.25) is 0 Å². The molecule has 1 aliphatic heterocycles. The Morgan fingerprint density at radius 2 is 2.05 bits per heavy atom. The first kappa shape index (κ1) is 18.0. The standard InChI is InChI=1S/C14H21FN4O.HI/c1-18(2)13-4-3-11(9-12(13)15)10-17-14(16)19-5-7-20-8-6-19;/h3-4,9H,5-8,10H2,1-2H3,(H2,16,17);1H. The van der Waals surface area contributed by atoms with Gasteiger partial charge in [-0.3, -0.25) is 0 Å². The van der Waals surface area contributed by atoms with Crippen molar-refractivity contribution < 1.29 is 9.13 Å². The number of guanidine groups is 1. The van der Waals surface area contributed by atoms with Crippen molar-refractivity contribution in [2.24, 2.45) is 10.7 Å². The number of morpholine rings is 1. The predicted octanol–water partition coefficient (Wildman–Crippen LogP) is 1.66. The van der Waals surface area contributed by atoms with Crippen LogP contribution in [0.25, 0.3) is 0 Å². The van der Waals surface area contributed by atoms with Crippen molar-refractivity contribution in [3.8, 4) is 0 Å². The van der Waals surface area contributed by atoms with Crippen LogP contribution in [0.15, 0.2) is 23.2 Å². The van der Waals surface area contributed by atoms with E-state index in [1.807, 2.05) is 25.1 Å². The van der Waals surface area contributed by atoms with Crippen molar-refractivity contribution in [2.45, 2.75) is 6.54 Å². The number of nitrogens with two attached hydrogens (primary N) is 1. The zero-order valence-corrected chi connectivity index (χ0v) is 14.7. The third-order valence-electron chi connectivity index (χ3n) is 3.25. The minimum absolute atomic E-state index is 0. The lowest BCUT2D eigenvalue weighted by Crippen LogP contribution is -2.44. The molecule has 21 heavy (non-hydrogen) atoms. The predicted molar refractivity (Wildman–Crippen MR) is 93.9 cm³/mol. The molecular formula is C14H22FIN4O. The van der Waals surface area contributed by atoms with Crippen LogP contribution in [0.1, 0.15) is 5.56 Å². The van der Waals surface area contributed by atoms with Gasteiger partial charge in [-0.15, -0.1) is 24.0 Å². The molecule has 2 rings (SSSR count). The summed E-state index contributed by atoms with van der Waals surface area (Å²) in [5.41, 5.74) is 7.31. The summed E-state index contributed by atoms with van der Waals surface area (Å²) in [6, 6.07) is 5.13. The van der Waals surface area contributed by atoms with Gasteiger partial charge in [0.15, 0.2) is 5.96 Å². The van der Waals surface area contributed by atoms with Gasteiger partial charge < -0.3 is 20.3 Å². The monoisotopic (exact) mass is 408 g/mol. The number of aliphatic imine (C=N–C) groups is 1. The van der Waals surface area contributed by atoms with Crippen LogP contribution in [0, 0.1) is 5.82 Å². The van der Waals surface area contributed by atoms with Crippen molar-refractivity contribution in [2.75, 3.05) is 45.3 Å². The topological polar surface area (TPSA) is 54.1 Å². The van der Waals surface area contributed by atoms with E-state index in [-0.39, 0.29) is 29.8 Å². The van der Waals surface area contributed by atoms with Crippen molar-refractivity contribution in [1.29, 1.82) is 0 Å². The minimum atomic E-state index is -0.243. The number of nitrogens with zero attached hydrogens (tertiary/aromatic N) is 3. The van der Waals surface area contributed by atoms with E-state index in [1.165, 1.54) is 6.07 Å². The van der Waals surface area contributed by atoms with Crippen molar-refractivity contribution in [3.63, 3.8) is 0 Å². The molecule has 0 spiro atoms. The average Bonchev–Trinajstić information content (AvgIpc) is 2.45. The fourth-order valence-electron chi connectivity index (χ4n) is 2.08. The van der Waals surface area contributed by atoms with E-state index in [0.29, 0.717) is 31.4 Å². The number of anilines is 1. The van der Waals surface area contributed by atoms with Crippen molar-refractivity contribution in [1.82, 2.24) is 4.90 Å². The van der Waals surface area contributed by atoms with E-state index >= 15 is 0 Å². The molecule has 7 heteroatoms. The molecule has 0 saturated carbocycles. The highest BCUT2D eigenvalue weighted by Crippen LogP contribution is 2.18. The number of halogens is 2. The van der Waals surface area contributed by atoms with Gasteiger partial charge in [-0.05, 0) is 17.7 Å². The maximum atomic E-state index is 13.8. The van der Waals surface area contributed by atoms with Crippen LogP contribution < -0.4 is 10.6 Å². The molecule has 0 unspecified atom stereocenters. The molecule has 1 aromatic rings. The molecule has 5 nitrogen and oxygen atoms in total. The van der Waals surface area contributed by atoms with Gasteiger partial charge in [0.25, 0.3) is 0 Å². The normalized spacial score (nSPS) is 15.6. The van der Waals surface area contributed by atoms with E-state index < -0.39 is 0 Å². The molecule has 1 aromatic carbocycles. The Bertz CT molecular complexity index is 490. The molecule has 0 radical (unpaired) electrons. The minimum Gasteiger partial charge on any atom is -0.378 e. The summed E-state index contributed by atoms with van der Waals surface area (Å²) in [7, 11) is 3.62. The summed E-state index contributed by atoms with van der Waals surface area (Å²) in [5.74, 6) is 0.248. The van der Waals surface area contributed by atoms with Gasteiger partial charge in [0.1, 0.15) is 5.82 Å². The maximum absolute atomic E-state index is 13.8.